The highest BCUT2D eigenvalue weighted by Crippen LogP contribution is 2.29. The Labute approximate surface area is 109 Å². The maximum atomic E-state index is 5.36. The molecule has 0 fully saturated rings. The van der Waals surface area contributed by atoms with Crippen LogP contribution >= 0.6 is 0 Å². The number of H-pyrrole nitrogens is 1. The van der Waals surface area contributed by atoms with Crippen LogP contribution < -0.4 is 10.1 Å². The van der Waals surface area contributed by atoms with E-state index in [1.54, 1.807) is 7.11 Å². The predicted octanol–water partition coefficient (Wildman–Crippen LogP) is 2.95. The number of methoxy groups -OCH3 is 1. The van der Waals surface area contributed by atoms with Crippen molar-refractivity contribution in [1.82, 2.24) is 10.3 Å². The average Bonchev–Trinajstić information content (AvgIpc) is 2.67. The molecule has 2 aromatic rings. The largest absolute Gasteiger partial charge is 0.497 e. The van der Waals surface area contributed by atoms with E-state index in [1.165, 1.54) is 27.7 Å². The first-order valence-corrected chi connectivity index (χ1v) is 6.53. The van der Waals surface area contributed by atoms with Gasteiger partial charge in [-0.3, -0.25) is 0 Å². The summed E-state index contributed by atoms with van der Waals surface area (Å²) in [5, 5.41) is 4.67. The van der Waals surface area contributed by atoms with Gasteiger partial charge in [-0.05, 0) is 56.6 Å². The van der Waals surface area contributed by atoms with Crippen LogP contribution in [0.2, 0.25) is 0 Å². The van der Waals surface area contributed by atoms with Gasteiger partial charge in [0.2, 0.25) is 0 Å². The van der Waals surface area contributed by atoms with E-state index in [2.05, 4.69) is 43.2 Å². The molecule has 18 heavy (non-hydrogen) atoms. The van der Waals surface area contributed by atoms with Crippen LogP contribution in [0, 0.1) is 13.8 Å². The van der Waals surface area contributed by atoms with Gasteiger partial charge in [-0.25, -0.2) is 0 Å². The lowest BCUT2D eigenvalue weighted by atomic mass is 10.1. The molecule has 1 aromatic carbocycles. The Hall–Kier alpha value is -1.48. The summed E-state index contributed by atoms with van der Waals surface area (Å²) in [7, 11) is 1.72. The monoisotopic (exact) mass is 246 g/mol. The second-order valence-corrected chi connectivity index (χ2v) is 4.70. The first kappa shape index (κ1) is 13.0. The number of aromatic nitrogens is 1. The summed E-state index contributed by atoms with van der Waals surface area (Å²) >= 11 is 0. The van der Waals surface area contributed by atoms with Gasteiger partial charge in [0.25, 0.3) is 0 Å². The van der Waals surface area contributed by atoms with Gasteiger partial charge in [0, 0.05) is 16.6 Å². The molecule has 0 spiro atoms. The topological polar surface area (TPSA) is 37.0 Å². The molecule has 0 bridgehead atoms. The fourth-order valence-corrected chi connectivity index (χ4v) is 2.45. The van der Waals surface area contributed by atoms with Crippen molar-refractivity contribution >= 4 is 10.9 Å². The third kappa shape index (κ3) is 2.36. The van der Waals surface area contributed by atoms with Crippen LogP contribution in [0.25, 0.3) is 10.9 Å². The molecule has 3 heteroatoms. The summed E-state index contributed by atoms with van der Waals surface area (Å²) in [6.45, 7) is 8.43. The Morgan fingerprint density at radius 2 is 2.06 bits per heavy atom. The van der Waals surface area contributed by atoms with Gasteiger partial charge in [-0.2, -0.15) is 0 Å². The van der Waals surface area contributed by atoms with Crippen molar-refractivity contribution in [2.45, 2.75) is 27.2 Å². The normalized spacial score (nSPS) is 11.1. The van der Waals surface area contributed by atoms with E-state index in [1.807, 2.05) is 0 Å². The molecule has 0 saturated carbocycles. The molecule has 0 amide bonds. The maximum absolute atomic E-state index is 5.36. The Morgan fingerprint density at radius 1 is 1.28 bits per heavy atom. The molecule has 98 valence electrons. The van der Waals surface area contributed by atoms with Gasteiger partial charge < -0.3 is 15.0 Å². The lowest BCUT2D eigenvalue weighted by Crippen LogP contribution is -2.16. The highest BCUT2D eigenvalue weighted by molar-refractivity contribution is 5.88. The number of aryl methyl sites for hydroxylation is 2. The molecule has 0 radical (unpaired) electrons. The van der Waals surface area contributed by atoms with Crippen molar-refractivity contribution in [2.24, 2.45) is 0 Å². The van der Waals surface area contributed by atoms with E-state index in [9.17, 15) is 0 Å². The van der Waals surface area contributed by atoms with Crippen molar-refractivity contribution in [1.29, 1.82) is 0 Å². The first-order valence-electron chi connectivity index (χ1n) is 6.53. The third-order valence-corrected chi connectivity index (χ3v) is 3.44. The Balaban J connectivity index is 2.44. The van der Waals surface area contributed by atoms with Crippen LogP contribution in [-0.4, -0.2) is 25.2 Å². The van der Waals surface area contributed by atoms with Crippen molar-refractivity contribution < 1.29 is 4.74 Å². The minimum atomic E-state index is 0.934. The van der Waals surface area contributed by atoms with Crippen LogP contribution in [0.5, 0.6) is 5.75 Å². The fourth-order valence-electron chi connectivity index (χ4n) is 2.45. The Bertz CT molecular complexity index is 543. The molecule has 1 aromatic heterocycles. The average molecular weight is 246 g/mol. The summed E-state index contributed by atoms with van der Waals surface area (Å²) < 4.78 is 5.36. The van der Waals surface area contributed by atoms with Gasteiger partial charge in [0.1, 0.15) is 5.75 Å². The summed E-state index contributed by atoms with van der Waals surface area (Å²) in [5.41, 5.74) is 5.13. The number of benzene rings is 1. The van der Waals surface area contributed by atoms with Crippen molar-refractivity contribution in [3.63, 3.8) is 0 Å². The molecule has 0 saturated heterocycles. The number of hydrogen-bond donors (Lipinski definition) is 2. The number of nitrogens with one attached hydrogen (secondary N) is 2. The second-order valence-electron chi connectivity index (χ2n) is 4.70. The molecule has 0 aliphatic heterocycles. The number of fused-ring (bicyclic) bond motifs is 1. The molecule has 0 unspecified atom stereocenters. The van der Waals surface area contributed by atoms with Crippen LogP contribution in [0.3, 0.4) is 0 Å². The van der Waals surface area contributed by atoms with Crippen LogP contribution in [0.4, 0.5) is 0 Å². The number of ether oxygens (including phenoxy) is 1. The molecule has 0 aliphatic rings. The SMILES string of the molecule is CCNCCc1c(C)[nH]c2c(C)cc(OC)cc12. The highest BCUT2D eigenvalue weighted by atomic mass is 16.5. The van der Waals surface area contributed by atoms with Gasteiger partial charge in [-0.1, -0.05) is 6.92 Å². The van der Waals surface area contributed by atoms with Gasteiger partial charge in [0.15, 0.2) is 0 Å². The highest BCUT2D eigenvalue weighted by Gasteiger charge is 2.11. The third-order valence-electron chi connectivity index (χ3n) is 3.44. The lowest BCUT2D eigenvalue weighted by Gasteiger charge is -2.05. The quantitative estimate of drug-likeness (QED) is 0.796. The summed E-state index contributed by atoms with van der Waals surface area (Å²) in [5.74, 6) is 0.934. The van der Waals surface area contributed by atoms with Crippen LogP contribution in [0.1, 0.15) is 23.7 Å². The zero-order valence-electron chi connectivity index (χ0n) is 11.7. The smallest absolute Gasteiger partial charge is 0.119 e. The molecular weight excluding hydrogens is 224 g/mol. The van der Waals surface area contributed by atoms with E-state index in [-0.39, 0.29) is 0 Å². The van der Waals surface area contributed by atoms with Gasteiger partial charge in [0.05, 0.1) is 7.11 Å². The molecule has 2 rings (SSSR count). The van der Waals surface area contributed by atoms with E-state index in [0.29, 0.717) is 0 Å². The molecular formula is C15H22N2O. The minimum Gasteiger partial charge on any atom is -0.497 e. The predicted molar refractivity (Wildman–Crippen MR) is 76.6 cm³/mol. The zero-order valence-corrected chi connectivity index (χ0v) is 11.7. The number of likely N-dealkylation sites (N-methyl/N-ethyl adjacent to an activating group) is 1. The second kappa shape index (κ2) is 5.44. The van der Waals surface area contributed by atoms with E-state index < -0.39 is 0 Å². The molecule has 0 aliphatic carbocycles. The van der Waals surface area contributed by atoms with Crippen LogP contribution in [-0.2, 0) is 6.42 Å². The summed E-state index contributed by atoms with van der Waals surface area (Å²) in [6.07, 6.45) is 1.05. The number of rotatable bonds is 5. The first-order chi connectivity index (χ1) is 8.67. The van der Waals surface area contributed by atoms with Gasteiger partial charge in [-0.15, -0.1) is 0 Å². The standard InChI is InChI=1S/C15H22N2O/c1-5-16-7-6-13-11(3)17-15-10(2)8-12(18-4)9-14(13)15/h8-9,16-17H,5-7H2,1-4H3. The van der Waals surface area contributed by atoms with Crippen molar-refractivity contribution in [2.75, 3.05) is 20.2 Å². The molecule has 0 atom stereocenters. The molecule has 3 nitrogen and oxygen atoms in total. The van der Waals surface area contributed by atoms with Crippen molar-refractivity contribution in [3.05, 3.63) is 29.0 Å². The van der Waals surface area contributed by atoms with Crippen LogP contribution in [0.15, 0.2) is 12.1 Å². The zero-order chi connectivity index (χ0) is 13.1. The fraction of sp³-hybridized carbons (Fsp3) is 0.467. The summed E-state index contributed by atoms with van der Waals surface area (Å²) in [6, 6.07) is 4.21. The number of hydrogen-bond acceptors (Lipinski definition) is 2. The number of aromatic amines is 1. The summed E-state index contributed by atoms with van der Waals surface area (Å²) in [4.78, 5) is 3.49. The van der Waals surface area contributed by atoms with E-state index in [0.717, 1.165) is 25.3 Å². The Morgan fingerprint density at radius 3 is 2.72 bits per heavy atom. The van der Waals surface area contributed by atoms with Gasteiger partial charge >= 0.3 is 0 Å². The minimum absolute atomic E-state index is 0.934. The van der Waals surface area contributed by atoms with E-state index in [4.69, 9.17) is 4.74 Å². The van der Waals surface area contributed by atoms with E-state index >= 15 is 0 Å². The lowest BCUT2D eigenvalue weighted by molar-refractivity contribution is 0.415. The van der Waals surface area contributed by atoms with Crippen molar-refractivity contribution in [3.8, 4) is 5.75 Å². The molecule has 1 heterocycles. The maximum Gasteiger partial charge on any atom is 0.119 e. The Kier molecular flexibility index (Phi) is 3.92. The molecule has 2 N–H and O–H groups in total.